The molecule has 0 atom stereocenters. The topological polar surface area (TPSA) is 58.6 Å². The molecule has 6 heteroatoms. The number of carbonyl (C=O) groups is 1. The van der Waals surface area contributed by atoms with Gasteiger partial charge in [0.1, 0.15) is 18.2 Å². The maximum atomic E-state index is 12.2. The molecule has 6 nitrogen and oxygen atoms in total. The van der Waals surface area contributed by atoms with Crippen LogP contribution >= 0.6 is 0 Å². The molecule has 0 radical (unpaired) electrons. The fourth-order valence-electron chi connectivity index (χ4n) is 3.94. The van der Waals surface area contributed by atoms with Crippen LogP contribution in [0.4, 0.5) is 5.82 Å². The minimum Gasteiger partial charge on any atom is -0.375 e. The molecule has 1 aromatic carbocycles. The van der Waals surface area contributed by atoms with Crippen LogP contribution in [0.5, 0.6) is 0 Å². The molecule has 1 aliphatic heterocycles. The first-order valence-corrected chi connectivity index (χ1v) is 10.9. The quantitative estimate of drug-likeness (QED) is 0.701. The van der Waals surface area contributed by atoms with E-state index in [1.54, 1.807) is 7.11 Å². The highest BCUT2D eigenvalue weighted by atomic mass is 16.5. The van der Waals surface area contributed by atoms with E-state index in [4.69, 9.17) is 14.7 Å². The van der Waals surface area contributed by atoms with Crippen molar-refractivity contribution in [2.24, 2.45) is 0 Å². The van der Waals surface area contributed by atoms with Crippen LogP contribution in [0.1, 0.15) is 54.9 Å². The number of ether oxygens (including phenoxy) is 1. The molecule has 2 heterocycles. The second kappa shape index (κ2) is 10.0. The third kappa shape index (κ3) is 5.17. The highest BCUT2D eigenvalue weighted by Crippen LogP contribution is 2.28. The number of aromatic nitrogens is 2. The summed E-state index contributed by atoms with van der Waals surface area (Å²) in [6, 6.07) is 8.65. The number of benzene rings is 1. The fourth-order valence-corrected chi connectivity index (χ4v) is 3.94. The highest BCUT2D eigenvalue weighted by Gasteiger charge is 2.25. The molecule has 0 bridgehead atoms. The number of rotatable bonds is 7. The van der Waals surface area contributed by atoms with Crippen molar-refractivity contribution in [2.45, 2.75) is 46.5 Å². The largest absolute Gasteiger partial charge is 0.375 e. The zero-order valence-electron chi connectivity index (χ0n) is 18.9. The van der Waals surface area contributed by atoms with E-state index >= 15 is 0 Å². The van der Waals surface area contributed by atoms with Crippen LogP contribution in [0.25, 0.3) is 0 Å². The van der Waals surface area contributed by atoms with Gasteiger partial charge in [-0.2, -0.15) is 0 Å². The first kappa shape index (κ1) is 22.2. The van der Waals surface area contributed by atoms with Gasteiger partial charge in [-0.3, -0.25) is 4.79 Å². The molecule has 1 amide bonds. The summed E-state index contributed by atoms with van der Waals surface area (Å²) < 4.78 is 5.01. The summed E-state index contributed by atoms with van der Waals surface area (Å²) in [5, 5.41) is 0. The molecule has 1 aliphatic rings. The molecule has 3 rings (SSSR count). The monoisotopic (exact) mass is 410 g/mol. The van der Waals surface area contributed by atoms with Gasteiger partial charge < -0.3 is 14.5 Å². The molecule has 1 aromatic heterocycles. The Bertz CT molecular complexity index is 874. The zero-order valence-corrected chi connectivity index (χ0v) is 18.9. The highest BCUT2D eigenvalue weighted by molar-refractivity contribution is 5.77. The minimum atomic E-state index is 0.0527. The summed E-state index contributed by atoms with van der Waals surface area (Å²) in [6.45, 7) is 11.6. The molecule has 0 unspecified atom stereocenters. The Balaban J connectivity index is 1.93. The van der Waals surface area contributed by atoms with E-state index < -0.39 is 0 Å². The van der Waals surface area contributed by atoms with Gasteiger partial charge in [0.05, 0.1) is 0 Å². The van der Waals surface area contributed by atoms with Crippen LogP contribution < -0.4 is 4.90 Å². The molecule has 0 aliphatic carbocycles. The molecule has 1 fully saturated rings. The normalized spacial score (nSPS) is 14.5. The van der Waals surface area contributed by atoms with Crippen LogP contribution in [0, 0.1) is 6.92 Å². The third-order valence-electron chi connectivity index (χ3n) is 5.60. The summed E-state index contributed by atoms with van der Waals surface area (Å²) in [7, 11) is 1.56. The van der Waals surface area contributed by atoms with Crippen molar-refractivity contribution in [3.05, 3.63) is 52.5 Å². The first-order valence-electron chi connectivity index (χ1n) is 10.9. The molecule has 1 saturated heterocycles. The number of piperazine rings is 1. The van der Waals surface area contributed by atoms with Crippen molar-refractivity contribution < 1.29 is 9.53 Å². The number of aryl methyl sites for hydroxylation is 2. The predicted octanol–water partition coefficient (Wildman–Crippen LogP) is 3.36. The minimum absolute atomic E-state index is 0.0527. The van der Waals surface area contributed by atoms with Crippen molar-refractivity contribution >= 4 is 11.7 Å². The summed E-state index contributed by atoms with van der Waals surface area (Å²) in [6.07, 6.45) is 1.70. The Labute approximate surface area is 180 Å². The summed E-state index contributed by atoms with van der Waals surface area (Å²) >= 11 is 0. The maximum Gasteiger partial charge on any atom is 0.248 e. The van der Waals surface area contributed by atoms with Gasteiger partial charge in [0, 0.05) is 56.9 Å². The van der Waals surface area contributed by atoms with E-state index in [-0.39, 0.29) is 18.4 Å². The number of anilines is 1. The predicted molar refractivity (Wildman–Crippen MR) is 120 cm³/mol. The Morgan fingerprint density at radius 3 is 2.50 bits per heavy atom. The molecule has 2 aromatic rings. The molecule has 0 spiro atoms. The zero-order chi connectivity index (χ0) is 21.7. The Kier molecular flexibility index (Phi) is 7.43. The van der Waals surface area contributed by atoms with Crippen LogP contribution in [0.3, 0.4) is 0 Å². The van der Waals surface area contributed by atoms with Crippen molar-refractivity contribution in [3.63, 3.8) is 0 Å². The van der Waals surface area contributed by atoms with E-state index in [0.717, 1.165) is 43.3 Å². The third-order valence-corrected chi connectivity index (χ3v) is 5.60. The number of hydrogen-bond donors (Lipinski definition) is 0. The molecule has 0 N–H and O–H groups in total. The lowest BCUT2D eigenvalue weighted by Gasteiger charge is -2.36. The van der Waals surface area contributed by atoms with Gasteiger partial charge in [-0.05, 0) is 18.9 Å². The standard InChI is InChI=1S/C24H34N4O2/c1-6-21-20(15-19-9-7-8-18(4)14-19)24(26-23(25-21)17(2)3)28-12-10-27(11-13-28)22(29)16-30-5/h7-9,14,17H,6,10-13,15-16H2,1-5H3. The molecular formula is C24H34N4O2. The van der Waals surface area contributed by atoms with Gasteiger partial charge in [0.2, 0.25) is 5.91 Å². The van der Waals surface area contributed by atoms with E-state index in [2.05, 4.69) is 56.9 Å². The van der Waals surface area contributed by atoms with Crippen molar-refractivity contribution in [2.75, 3.05) is 44.8 Å². The van der Waals surface area contributed by atoms with Crippen molar-refractivity contribution in [3.8, 4) is 0 Å². The lowest BCUT2D eigenvalue weighted by molar-refractivity contribution is -0.135. The summed E-state index contributed by atoms with van der Waals surface area (Å²) in [4.78, 5) is 26.3. The molecular weight excluding hydrogens is 376 g/mol. The average molecular weight is 411 g/mol. The lowest BCUT2D eigenvalue weighted by atomic mass is 10.00. The van der Waals surface area contributed by atoms with Gasteiger partial charge >= 0.3 is 0 Å². The smallest absolute Gasteiger partial charge is 0.248 e. The summed E-state index contributed by atoms with van der Waals surface area (Å²) in [5.41, 5.74) is 4.88. The van der Waals surface area contributed by atoms with E-state index in [0.29, 0.717) is 13.1 Å². The maximum absolute atomic E-state index is 12.2. The number of methoxy groups -OCH3 is 1. The van der Waals surface area contributed by atoms with Crippen LogP contribution in [-0.2, 0) is 22.4 Å². The second-order valence-electron chi connectivity index (χ2n) is 8.31. The average Bonchev–Trinajstić information content (AvgIpc) is 2.74. The van der Waals surface area contributed by atoms with Crippen molar-refractivity contribution in [1.82, 2.24) is 14.9 Å². The lowest BCUT2D eigenvalue weighted by Crippen LogP contribution is -2.50. The van der Waals surface area contributed by atoms with Gasteiger partial charge in [0.15, 0.2) is 0 Å². The van der Waals surface area contributed by atoms with Gasteiger partial charge in [-0.15, -0.1) is 0 Å². The SMILES string of the molecule is CCc1nc(C(C)C)nc(N2CCN(C(=O)COC)CC2)c1Cc1cccc(C)c1. The molecule has 30 heavy (non-hydrogen) atoms. The Morgan fingerprint density at radius 2 is 1.90 bits per heavy atom. The molecule has 162 valence electrons. The van der Waals surface area contributed by atoms with E-state index in [1.807, 2.05) is 4.90 Å². The van der Waals surface area contributed by atoms with Crippen molar-refractivity contribution in [1.29, 1.82) is 0 Å². The number of hydrogen-bond acceptors (Lipinski definition) is 5. The number of nitrogens with zero attached hydrogens (tertiary/aromatic N) is 4. The number of amides is 1. The van der Waals surface area contributed by atoms with Gasteiger partial charge in [-0.25, -0.2) is 9.97 Å². The van der Waals surface area contributed by atoms with Gasteiger partial charge in [-0.1, -0.05) is 50.6 Å². The van der Waals surface area contributed by atoms with Crippen LogP contribution in [-0.4, -0.2) is 60.7 Å². The van der Waals surface area contributed by atoms with Gasteiger partial charge in [0.25, 0.3) is 0 Å². The molecule has 0 saturated carbocycles. The van der Waals surface area contributed by atoms with Crippen LogP contribution in [0.2, 0.25) is 0 Å². The Hall–Kier alpha value is -2.47. The number of carbonyl (C=O) groups excluding carboxylic acids is 1. The van der Waals surface area contributed by atoms with E-state index in [9.17, 15) is 4.79 Å². The summed E-state index contributed by atoms with van der Waals surface area (Å²) in [5.74, 6) is 2.25. The first-order chi connectivity index (χ1) is 14.4. The second-order valence-corrected chi connectivity index (χ2v) is 8.31. The fraction of sp³-hybridized carbons (Fsp3) is 0.542. The Morgan fingerprint density at radius 1 is 1.17 bits per heavy atom. The van der Waals surface area contributed by atoms with E-state index in [1.165, 1.54) is 16.7 Å². The van der Waals surface area contributed by atoms with Crippen LogP contribution in [0.15, 0.2) is 24.3 Å².